The van der Waals surface area contributed by atoms with E-state index >= 15 is 0 Å². The Bertz CT molecular complexity index is 625. The molecule has 5 heteroatoms. The molecule has 1 fully saturated rings. The second-order valence-electron chi connectivity index (χ2n) is 7.21. The lowest BCUT2D eigenvalue weighted by atomic mass is 9.72. The van der Waals surface area contributed by atoms with Crippen LogP contribution in [0.5, 0.6) is 0 Å². The maximum Gasteiger partial charge on any atom is 0.408 e. The number of amides is 2. The van der Waals surface area contributed by atoms with Crippen LogP contribution in [0.1, 0.15) is 40.0 Å². The molecule has 24 heavy (non-hydrogen) atoms. The first kappa shape index (κ1) is 18.1. The number of terminal acetylenes is 1. The van der Waals surface area contributed by atoms with E-state index in [0.29, 0.717) is 6.54 Å². The predicted molar refractivity (Wildman–Crippen MR) is 93.4 cm³/mol. The van der Waals surface area contributed by atoms with Crippen LogP contribution in [0.3, 0.4) is 0 Å². The number of hydrogen-bond donors (Lipinski definition) is 1. The molecule has 1 aliphatic carbocycles. The van der Waals surface area contributed by atoms with Crippen LogP contribution in [0.4, 0.5) is 4.79 Å². The van der Waals surface area contributed by atoms with Crippen molar-refractivity contribution in [1.29, 1.82) is 0 Å². The number of nitrogens with zero attached hydrogens (tertiary/aromatic N) is 2. The summed E-state index contributed by atoms with van der Waals surface area (Å²) in [6.45, 7) is 7.41. The summed E-state index contributed by atoms with van der Waals surface area (Å²) in [6, 6.07) is -0.583. The molecule has 0 saturated carbocycles. The lowest BCUT2D eigenvalue weighted by molar-refractivity contribution is -0.128. The fourth-order valence-corrected chi connectivity index (χ4v) is 3.63. The largest absolute Gasteiger partial charge is 0.465 e. The summed E-state index contributed by atoms with van der Waals surface area (Å²) in [7, 11) is 0. The maximum atomic E-state index is 12.5. The molecule has 1 aliphatic heterocycles. The summed E-state index contributed by atoms with van der Waals surface area (Å²) in [4.78, 5) is 26.5. The van der Waals surface area contributed by atoms with Gasteiger partial charge in [-0.05, 0) is 37.2 Å². The first-order chi connectivity index (χ1) is 11.3. The molecular formula is C19H26N2O3. The van der Waals surface area contributed by atoms with Gasteiger partial charge in [-0.3, -0.25) is 9.69 Å². The van der Waals surface area contributed by atoms with Crippen LogP contribution in [0.2, 0.25) is 0 Å². The van der Waals surface area contributed by atoms with Crippen molar-refractivity contribution in [2.45, 2.75) is 46.1 Å². The van der Waals surface area contributed by atoms with Gasteiger partial charge < -0.3 is 10.0 Å². The van der Waals surface area contributed by atoms with Gasteiger partial charge >= 0.3 is 6.09 Å². The van der Waals surface area contributed by atoms with Crippen LogP contribution < -0.4 is 0 Å². The van der Waals surface area contributed by atoms with Crippen molar-refractivity contribution in [2.24, 2.45) is 5.41 Å². The molecule has 0 aromatic carbocycles. The minimum Gasteiger partial charge on any atom is -0.465 e. The summed E-state index contributed by atoms with van der Waals surface area (Å²) in [5.41, 5.74) is 2.66. The van der Waals surface area contributed by atoms with Gasteiger partial charge in [0.1, 0.15) is 6.04 Å². The van der Waals surface area contributed by atoms with Crippen LogP contribution in [-0.4, -0.2) is 52.6 Å². The lowest BCUT2D eigenvalue weighted by Crippen LogP contribution is -2.55. The molecule has 1 N–H and O–H groups in total. The highest BCUT2D eigenvalue weighted by Gasteiger charge is 2.31. The van der Waals surface area contributed by atoms with Gasteiger partial charge in [0.2, 0.25) is 5.91 Å². The van der Waals surface area contributed by atoms with Gasteiger partial charge in [0.05, 0.1) is 6.54 Å². The van der Waals surface area contributed by atoms with Crippen molar-refractivity contribution in [3.05, 3.63) is 23.3 Å². The quantitative estimate of drug-likeness (QED) is 0.625. The van der Waals surface area contributed by atoms with Crippen LogP contribution in [-0.2, 0) is 4.79 Å². The number of carbonyl (C=O) groups is 2. The van der Waals surface area contributed by atoms with Crippen molar-refractivity contribution in [3.63, 3.8) is 0 Å². The minimum atomic E-state index is -1.04. The molecule has 0 aromatic heterocycles. The fourth-order valence-electron chi connectivity index (χ4n) is 3.63. The zero-order valence-corrected chi connectivity index (χ0v) is 14.7. The van der Waals surface area contributed by atoms with E-state index in [1.165, 1.54) is 22.5 Å². The highest BCUT2D eigenvalue weighted by atomic mass is 16.4. The third kappa shape index (κ3) is 3.81. The summed E-state index contributed by atoms with van der Waals surface area (Å²) in [6.07, 6.45) is 11.3. The molecule has 5 nitrogen and oxygen atoms in total. The number of hydrogen-bond acceptors (Lipinski definition) is 2. The number of carbonyl (C=O) groups excluding carboxylic acids is 1. The molecule has 1 saturated heterocycles. The Labute approximate surface area is 144 Å². The number of carboxylic acid groups (broad SMARTS) is 1. The normalized spacial score (nSPS) is 24.2. The van der Waals surface area contributed by atoms with Crippen LogP contribution in [0.15, 0.2) is 23.3 Å². The Morgan fingerprint density at radius 2 is 2.08 bits per heavy atom. The average molecular weight is 330 g/mol. The van der Waals surface area contributed by atoms with E-state index in [2.05, 4.69) is 26.7 Å². The van der Waals surface area contributed by atoms with Gasteiger partial charge in [-0.2, -0.15) is 0 Å². The zero-order chi connectivity index (χ0) is 17.9. The summed E-state index contributed by atoms with van der Waals surface area (Å²) >= 11 is 0. The molecule has 1 heterocycles. The van der Waals surface area contributed by atoms with E-state index in [1.54, 1.807) is 11.0 Å². The molecule has 0 spiro atoms. The van der Waals surface area contributed by atoms with E-state index < -0.39 is 12.1 Å². The van der Waals surface area contributed by atoms with E-state index in [1.807, 2.05) is 6.08 Å². The van der Waals surface area contributed by atoms with Crippen LogP contribution >= 0.6 is 0 Å². The topological polar surface area (TPSA) is 60.9 Å². The number of piperazine rings is 1. The SMILES string of the molecule is C#CC1CN(C(=O)C=CC2=C(C)CCCC2(C)C)CCN1C(=O)O. The first-order valence-corrected chi connectivity index (χ1v) is 8.39. The average Bonchev–Trinajstić information content (AvgIpc) is 2.52. The Kier molecular flexibility index (Phi) is 5.38. The van der Waals surface area contributed by atoms with Crippen molar-refractivity contribution in [2.75, 3.05) is 19.6 Å². The molecular weight excluding hydrogens is 304 g/mol. The number of allylic oxidation sites excluding steroid dienone is 3. The summed E-state index contributed by atoms with van der Waals surface area (Å²) < 4.78 is 0. The van der Waals surface area contributed by atoms with Crippen LogP contribution in [0, 0.1) is 17.8 Å². The van der Waals surface area contributed by atoms with Gasteiger partial charge in [0.15, 0.2) is 0 Å². The zero-order valence-electron chi connectivity index (χ0n) is 14.7. The Balaban J connectivity index is 2.08. The molecule has 0 aromatic rings. The van der Waals surface area contributed by atoms with E-state index in [4.69, 9.17) is 11.5 Å². The molecule has 1 atom stereocenters. The van der Waals surface area contributed by atoms with Crippen molar-refractivity contribution < 1.29 is 14.7 Å². The summed E-state index contributed by atoms with van der Waals surface area (Å²) in [5, 5.41) is 9.13. The predicted octanol–water partition coefficient (Wildman–Crippen LogP) is 2.89. The Morgan fingerprint density at radius 3 is 2.67 bits per heavy atom. The van der Waals surface area contributed by atoms with E-state index in [-0.39, 0.29) is 24.4 Å². The number of rotatable bonds is 2. The Hall–Kier alpha value is -2.22. The molecule has 2 aliphatic rings. The molecule has 2 rings (SSSR count). The lowest BCUT2D eigenvalue weighted by Gasteiger charge is -2.37. The van der Waals surface area contributed by atoms with Gasteiger partial charge in [0, 0.05) is 19.2 Å². The second kappa shape index (κ2) is 7.12. The second-order valence-corrected chi connectivity index (χ2v) is 7.21. The van der Waals surface area contributed by atoms with Gasteiger partial charge in [0.25, 0.3) is 0 Å². The molecule has 130 valence electrons. The summed E-state index contributed by atoms with van der Waals surface area (Å²) in [5.74, 6) is 2.35. The van der Waals surface area contributed by atoms with Gasteiger partial charge in [-0.25, -0.2) is 4.79 Å². The van der Waals surface area contributed by atoms with Crippen LogP contribution in [0.25, 0.3) is 0 Å². The third-order valence-electron chi connectivity index (χ3n) is 5.07. The highest BCUT2D eigenvalue weighted by molar-refractivity contribution is 5.88. The molecule has 0 bridgehead atoms. The highest BCUT2D eigenvalue weighted by Crippen LogP contribution is 2.40. The van der Waals surface area contributed by atoms with Gasteiger partial charge in [-0.1, -0.05) is 31.4 Å². The van der Waals surface area contributed by atoms with Crippen molar-refractivity contribution >= 4 is 12.0 Å². The van der Waals surface area contributed by atoms with Crippen molar-refractivity contribution in [1.82, 2.24) is 9.80 Å². The standard InChI is InChI=1S/C19H26N2O3/c1-5-15-13-20(11-12-21(15)18(23)24)17(22)9-8-16-14(2)7-6-10-19(16,3)4/h1,8-9,15H,6-7,10-13H2,2-4H3,(H,23,24). The van der Waals surface area contributed by atoms with Crippen molar-refractivity contribution in [3.8, 4) is 12.3 Å². The van der Waals surface area contributed by atoms with E-state index in [9.17, 15) is 9.59 Å². The third-order valence-corrected chi connectivity index (χ3v) is 5.07. The smallest absolute Gasteiger partial charge is 0.408 e. The first-order valence-electron chi connectivity index (χ1n) is 8.39. The fraction of sp³-hybridized carbons (Fsp3) is 0.579. The molecule has 2 amide bonds. The minimum absolute atomic E-state index is 0.0858. The maximum absolute atomic E-state index is 12.5. The molecule has 0 radical (unpaired) electrons. The van der Waals surface area contributed by atoms with E-state index in [0.717, 1.165) is 12.8 Å². The van der Waals surface area contributed by atoms with Gasteiger partial charge in [-0.15, -0.1) is 6.42 Å². The monoisotopic (exact) mass is 330 g/mol. The molecule has 1 unspecified atom stereocenters. The Morgan fingerprint density at radius 1 is 1.38 bits per heavy atom.